The van der Waals surface area contributed by atoms with Crippen LogP contribution >= 0.6 is 34.5 Å². The SMILES string of the molecule is O=C(Cl)CCl.c1ccsc1. The fourth-order valence-electron chi connectivity index (χ4n) is 0.227. The van der Waals surface area contributed by atoms with Crippen LogP contribution in [0.4, 0.5) is 0 Å². The van der Waals surface area contributed by atoms with Gasteiger partial charge in [0.15, 0.2) is 0 Å². The van der Waals surface area contributed by atoms with Crippen molar-refractivity contribution < 1.29 is 4.79 Å². The van der Waals surface area contributed by atoms with E-state index in [1.807, 2.05) is 22.9 Å². The lowest BCUT2D eigenvalue weighted by Crippen LogP contribution is -1.81. The van der Waals surface area contributed by atoms with Crippen LogP contribution in [0.2, 0.25) is 0 Å². The molecule has 0 saturated heterocycles. The molecule has 0 bridgehead atoms. The second kappa shape index (κ2) is 7.06. The molecule has 10 heavy (non-hydrogen) atoms. The third kappa shape index (κ3) is 7.95. The molecule has 0 aliphatic heterocycles. The third-order valence-corrected chi connectivity index (χ3v) is 1.67. The molecule has 0 N–H and O–H groups in total. The van der Waals surface area contributed by atoms with Crippen molar-refractivity contribution in [3.8, 4) is 0 Å². The summed E-state index contributed by atoms with van der Waals surface area (Å²) in [5.74, 6) is -0.0957. The van der Waals surface area contributed by atoms with Crippen molar-refractivity contribution in [2.75, 3.05) is 5.88 Å². The lowest BCUT2D eigenvalue weighted by Gasteiger charge is -1.65. The lowest BCUT2D eigenvalue weighted by atomic mass is 10.7. The molecule has 1 aromatic heterocycles. The Morgan fingerprint density at radius 3 is 1.90 bits per heavy atom. The highest BCUT2D eigenvalue weighted by molar-refractivity contribution is 7.07. The van der Waals surface area contributed by atoms with Crippen LogP contribution in [-0.4, -0.2) is 11.1 Å². The standard InChI is InChI=1S/C4H4S.C2H2Cl2O/c1-2-4-5-3-1;3-1-2(4)5/h1-4H;1H2. The number of halogens is 2. The van der Waals surface area contributed by atoms with E-state index in [0.717, 1.165) is 0 Å². The maximum absolute atomic E-state index is 9.45. The van der Waals surface area contributed by atoms with Gasteiger partial charge in [-0.1, -0.05) is 12.1 Å². The van der Waals surface area contributed by atoms with Gasteiger partial charge in [-0.2, -0.15) is 11.3 Å². The summed E-state index contributed by atoms with van der Waals surface area (Å²) >= 11 is 11.3. The molecule has 0 amide bonds. The number of carbonyl (C=O) groups excluding carboxylic acids is 1. The Kier molecular flexibility index (Phi) is 7.03. The normalized spacial score (nSPS) is 7.80. The van der Waals surface area contributed by atoms with Gasteiger partial charge < -0.3 is 0 Å². The Morgan fingerprint density at radius 2 is 1.80 bits per heavy atom. The lowest BCUT2D eigenvalue weighted by molar-refractivity contribution is -0.109. The molecular weight excluding hydrogens is 191 g/mol. The van der Waals surface area contributed by atoms with Crippen molar-refractivity contribution in [3.05, 3.63) is 22.9 Å². The minimum Gasteiger partial charge on any atom is -0.280 e. The summed E-state index contributed by atoms with van der Waals surface area (Å²) in [7, 11) is 0. The highest BCUT2D eigenvalue weighted by atomic mass is 35.5. The smallest absolute Gasteiger partial charge is 0.236 e. The van der Waals surface area contributed by atoms with E-state index in [1.165, 1.54) is 0 Å². The van der Waals surface area contributed by atoms with E-state index in [1.54, 1.807) is 11.3 Å². The summed E-state index contributed by atoms with van der Waals surface area (Å²) in [5.41, 5.74) is 0. The number of thiophene rings is 1. The number of rotatable bonds is 1. The molecule has 0 aliphatic carbocycles. The number of hydrogen-bond acceptors (Lipinski definition) is 2. The second-order valence-electron chi connectivity index (χ2n) is 1.28. The van der Waals surface area contributed by atoms with Gasteiger partial charge in [0.2, 0.25) is 5.24 Å². The van der Waals surface area contributed by atoms with Crippen LogP contribution in [0.1, 0.15) is 0 Å². The quantitative estimate of drug-likeness (QED) is 0.499. The molecule has 0 fully saturated rings. The zero-order valence-electron chi connectivity index (χ0n) is 5.09. The van der Waals surface area contributed by atoms with Crippen LogP contribution in [0, 0.1) is 0 Å². The Bertz CT molecular complexity index is 145. The second-order valence-corrected chi connectivity index (χ2v) is 2.79. The maximum atomic E-state index is 9.45. The summed E-state index contributed by atoms with van der Waals surface area (Å²) in [6.45, 7) is 0. The van der Waals surface area contributed by atoms with Crippen molar-refractivity contribution in [2.45, 2.75) is 0 Å². The molecule has 1 heterocycles. The van der Waals surface area contributed by atoms with Gasteiger partial charge in [0.1, 0.15) is 0 Å². The molecule has 0 aliphatic rings. The van der Waals surface area contributed by atoms with Crippen LogP contribution < -0.4 is 0 Å². The maximum Gasteiger partial charge on any atom is 0.236 e. The average Bonchev–Trinajstić information content (AvgIpc) is 2.43. The highest BCUT2D eigenvalue weighted by Gasteiger charge is 1.83. The number of alkyl halides is 1. The molecule has 0 unspecified atom stereocenters. The third-order valence-electron chi connectivity index (χ3n) is 0.530. The first-order valence-corrected chi connectivity index (χ1v) is 4.34. The summed E-state index contributed by atoms with van der Waals surface area (Å²) < 4.78 is 0. The Balaban J connectivity index is 0.000000162. The minimum atomic E-state index is -0.508. The highest BCUT2D eigenvalue weighted by Crippen LogP contribution is 1.91. The first-order valence-electron chi connectivity index (χ1n) is 2.49. The van der Waals surface area contributed by atoms with Crippen molar-refractivity contribution in [1.82, 2.24) is 0 Å². The number of carbonyl (C=O) groups is 1. The molecule has 1 rings (SSSR count). The van der Waals surface area contributed by atoms with E-state index in [0.29, 0.717) is 0 Å². The molecule has 56 valence electrons. The van der Waals surface area contributed by atoms with Gasteiger partial charge in [0.05, 0.1) is 5.88 Å². The van der Waals surface area contributed by atoms with Crippen molar-refractivity contribution in [3.63, 3.8) is 0 Å². The van der Waals surface area contributed by atoms with Crippen molar-refractivity contribution in [1.29, 1.82) is 0 Å². The molecule has 4 heteroatoms. The molecule has 1 nitrogen and oxygen atoms in total. The van der Waals surface area contributed by atoms with Crippen molar-refractivity contribution >= 4 is 39.8 Å². The zero-order valence-corrected chi connectivity index (χ0v) is 7.42. The fraction of sp³-hybridized carbons (Fsp3) is 0.167. The molecule has 1 aromatic rings. The monoisotopic (exact) mass is 196 g/mol. The molecule has 0 saturated carbocycles. The van der Waals surface area contributed by atoms with E-state index >= 15 is 0 Å². The van der Waals surface area contributed by atoms with E-state index in [9.17, 15) is 4.79 Å². The zero-order chi connectivity index (χ0) is 7.82. The predicted molar refractivity (Wildman–Crippen MR) is 45.9 cm³/mol. The van der Waals surface area contributed by atoms with Gasteiger partial charge in [-0.05, 0) is 22.4 Å². The molecular formula is C6H6Cl2OS. The van der Waals surface area contributed by atoms with E-state index in [2.05, 4.69) is 0 Å². The van der Waals surface area contributed by atoms with Crippen LogP contribution in [0.15, 0.2) is 22.9 Å². The van der Waals surface area contributed by atoms with E-state index in [-0.39, 0.29) is 5.88 Å². The first kappa shape index (κ1) is 9.95. The predicted octanol–water partition coefficient (Wildman–Crippen LogP) is 2.74. The average molecular weight is 197 g/mol. The van der Waals surface area contributed by atoms with Crippen LogP contribution in [0.3, 0.4) is 0 Å². The van der Waals surface area contributed by atoms with Gasteiger partial charge in [-0.25, -0.2) is 0 Å². The Morgan fingerprint density at radius 1 is 1.40 bits per heavy atom. The minimum absolute atomic E-state index is 0.0957. The van der Waals surface area contributed by atoms with E-state index in [4.69, 9.17) is 23.2 Å². The molecule has 0 aromatic carbocycles. The first-order chi connectivity index (χ1) is 4.77. The topological polar surface area (TPSA) is 17.1 Å². The van der Waals surface area contributed by atoms with Crippen molar-refractivity contribution in [2.24, 2.45) is 0 Å². The Labute approximate surface area is 73.6 Å². The number of hydrogen-bond donors (Lipinski definition) is 0. The fourth-order valence-corrected chi connectivity index (χ4v) is 0.680. The van der Waals surface area contributed by atoms with Gasteiger partial charge in [-0.3, -0.25) is 4.79 Å². The van der Waals surface area contributed by atoms with Gasteiger partial charge in [0, 0.05) is 0 Å². The molecule has 0 atom stereocenters. The summed E-state index contributed by atoms with van der Waals surface area (Å²) in [6, 6.07) is 4.04. The summed E-state index contributed by atoms with van der Waals surface area (Å²) in [5, 5.41) is 3.58. The Hall–Kier alpha value is -0.0500. The molecule has 0 radical (unpaired) electrons. The summed E-state index contributed by atoms with van der Waals surface area (Å²) in [6.07, 6.45) is 0. The van der Waals surface area contributed by atoms with Gasteiger partial charge in [0.25, 0.3) is 0 Å². The molecule has 0 spiro atoms. The van der Waals surface area contributed by atoms with Crippen LogP contribution in [0.5, 0.6) is 0 Å². The van der Waals surface area contributed by atoms with E-state index < -0.39 is 5.24 Å². The largest absolute Gasteiger partial charge is 0.280 e. The summed E-state index contributed by atoms with van der Waals surface area (Å²) in [4.78, 5) is 9.45. The van der Waals surface area contributed by atoms with Crippen LogP contribution in [-0.2, 0) is 4.79 Å². The van der Waals surface area contributed by atoms with Gasteiger partial charge in [-0.15, -0.1) is 11.6 Å². The van der Waals surface area contributed by atoms with Gasteiger partial charge >= 0.3 is 0 Å². The van der Waals surface area contributed by atoms with Crippen LogP contribution in [0.25, 0.3) is 0 Å².